The molecule has 1 atom stereocenters. The Labute approximate surface area is 131 Å². The fourth-order valence-electron chi connectivity index (χ4n) is 2.39. The van der Waals surface area contributed by atoms with Crippen molar-refractivity contribution in [1.82, 2.24) is 0 Å². The van der Waals surface area contributed by atoms with Crippen molar-refractivity contribution in [3.63, 3.8) is 0 Å². The number of benzene rings is 2. The SMILES string of the molecule is CCCOc1ccc(C(C)Nc2ccc3c(c2)OCO3)cc1. The van der Waals surface area contributed by atoms with Crippen LogP contribution in [0.5, 0.6) is 17.2 Å². The predicted molar refractivity (Wildman–Crippen MR) is 86.8 cm³/mol. The Morgan fingerprint density at radius 2 is 1.86 bits per heavy atom. The first-order chi connectivity index (χ1) is 10.8. The summed E-state index contributed by atoms with van der Waals surface area (Å²) in [6, 6.07) is 14.3. The summed E-state index contributed by atoms with van der Waals surface area (Å²) in [5, 5.41) is 3.47. The predicted octanol–water partition coefficient (Wildman–Crippen LogP) is 4.38. The van der Waals surface area contributed by atoms with Crippen LogP contribution in [-0.4, -0.2) is 13.4 Å². The van der Waals surface area contributed by atoms with E-state index in [0.717, 1.165) is 36.0 Å². The van der Waals surface area contributed by atoms with Gasteiger partial charge in [-0.3, -0.25) is 0 Å². The van der Waals surface area contributed by atoms with E-state index in [1.807, 2.05) is 30.3 Å². The van der Waals surface area contributed by atoms with E-state index < -0.39 is 0 Å². The number of hydrogen-bond donors (Lipinski definition) is 1. The maximum Gasteiger partial charge on any atom is 0.231 e. The molecule has 0 aliphatic carbocycles. The molecule has 0 bridgehead atoms. The molecule has 0 saturated heterocycles. The van der Waals surface area contributed by atoms with Gasteiger partial charge in [-0.1, -0.05) is 19.1 Å². The van der Waals surface area contributed by atoms with Crippen LogP contribution in [0.1, 0.15) is 31.9 Å². The standard InChI is InChI=1S/C18H21NO3/c1-3-10-20-16-7-4-14(5-8-16)13(2)19-15-6-9-17-18(11-15)22-12-21-17/h4-9,11,13,19H,3,10,12H2,1-2H3. The largest absolute Gasteiger partial charge is 0.494 e. The third-order valence-corrected chi connectivity index (χ3v) is 3.61. The van der Waals surface area contributed by atoms with Crippen LogP contribution in [-0.2, 0) is 0 Å². The molecule has 4 heteroatoms. The second kappa shape index (κ2) is 6.60. The average molecular weight is 299 g/mol. The molecule has 0 saturated carbocycles. The maximum absolute atomic E-state index is 5.61. The van der Waals surface area contributed by atoms with Gasteiger partial charge in [-0.15, -0.1) is 0 Å². The van der Waals surface area contributed by atoms with E-state index in [1.54, 1.807) is 0 Å². The van der Waals surface area contributed by atoms with Gasteiger partial charge in [-0.25, -0.2) is 0 Å². The summed E-state index contributed by atoms with van der Waals surface area (Å²) in [5.41, 5.74) is 2.23. The fraction of sp³-hybridized carbons (Fsp3) is 0.333. The zero-order valence-electron chi connectivity index (χ0n) is 13.0. The number of rotatable bonds is 6. The highest BCUT2D eigenvalue weighted by molar-refractivity contribution is 5.56. The summed E-state index contributed by atoms with van der Waals surface area (Å²) in [6.45, 7) is 5.29. The van der Waals surface area contributed by atoms with E-state index in [9.17, 15) is 0 Å². The van der Waals surface area contributed by atoms with Crippen molar-refractivity contribution in [1.29, 1.82) is 0 Å². The highest BCUT2D eigenvalue weighted by atomic mass is 16.7. The zero-order valence-corrected chi connectivity index (χ0v) is 13.0. The Hall–Kier alpha value is -2.36. The summed E-state index contributed by atoms with van der Waals surface area (Å²) in [6.07, 6.45) is 1.02. The monoisotopic (exact) mass is 299 g/mol. The van der Waals surface area contributed by atoms with E-state index in [-0.39, 0.29) is 6.04 Å². The maximum atomic E-state index is 5.61. The highest BCUT2D eigenvalue weighted by Gasteiger charge is 2.14. The molecule has 2 aromatic rings. The third-order valence-electron chi connectivity index (χ3n) is 3.61. The van der Waals surface area contributed by atoms with Crippen LogP contribution in [0.15, 0.2) is 42.5 Å². The van der Waals surface area contributed by atoms with Gasteiger partial charge >= 0.3 is 0 Å². The third kappa shape index (κ3) is 3.27. The second-order valence-corrected chi connectivity index (χ2v) is 5.35. The molecule has 4 nitrogen and oxygen atoms in total. The van der Waals surface area contributed by atoms with Gasteiger partial charge < -0.3 is 19.5 Å². The lowest BCUT2D eigenvalue weighted by Crippen LogP contribution is -2.06. The average Bonchev–Trinajstić information content (AvgIpc) is 3.01. The van der Waals surface area contributed by atoms with Crippen LogP contribution in [0, 0.1) is 0 Å². The number of hydrogen-bond acceptors (Lipinski definition) is 4. The van der Waals surface area contributed by atoms with Crippen LogP contribution in [0.25, 0.3) is 0 Å². The van der Waals surface area contributed by atoms with Crippen LogP contribution >= 0.6 is 0 Å². The van der Waals surface area contributed by atoms with Gasteiger partial charge in [0.2, 0.25) is 6.79 Å². The first-order valence-electron chi connectivity index (χ1n) is 7.65. The minimum absolute atomic E-state index is 0.195. The summed E-state index contributed by atoms with van der Waals surface area (Å²) in [7, 11) is 0. The molecule has 1 N–H and O–H groups in total. The quantitative estimate of drug-likeness (QED) is 0.859. The molecule has 0 radical (unpaired) electrons. The minimum Gasteiger partial charge on any atom is -0.494 e. The number of fused-ring (bicyclic) bond motifs is 1. The highest BCUT2D eigenvalue weighted by Crippen LogP contribution is 2.35. The van der Waals surface area contributed by atoms with E-state index >= 15 is 0 Å². The van der Waals surface area contributed by atoms with E-state index in [2.05, 4.69) is 31.3 Å². The van der Waals surface area contributed by atoms with E-state index in [1.165, 1.54) is 5.56 Å². The van der Waals surface area contributed by atoms with Crippen molar-refractivity contribution in [3.8, 4) is 17.2 Å². The summed E-state index contributed by atoms with van der Waals surface area (Å²) in [5.74, 6) is 2.51. The van der Waals surface area contributed by atoms with E-state index in [4.69, 9.17) is 14.2 Å². The van der Waals surface area contributed by atoms with Crippen molar-refractivity contribution in [2.75, 3.05) is 18.7 Å². The lowest BCUT2D eigenvalue weighted by Gasteiger charge is -2.16. The van der Waals surface area contributed by atoms with Crippen LogP contribution in [0.2, 0.25) is 0 Å². The molecule has 116 valence electrons. The molecular weight excluding hydrogens is 278 g/mol. The normalized spacial score (nSPS) is 13.7. The van der Waals surface area contributed by atoms with Gasteiger partial charge in [0.05, 0.1) is 6.61 Å². The molecule has 22 heavy (non-hydrogen) atoms. The van der Waals surface area contributed by atoms with Gasteiger partial charge in [-0.2, -0.15) is 0 Å². The minimum atomic E-state index is 0.195. The summed E-state index contributed by atoms with van der Waals surface area (Å²) in [4.78, 5) is 0. The van der Waals surface area contributed by atoms with Crippen molar-refractivity contribution < 1.29 is 14.2 Å². The molecule has 0 aromatic heterocycles. The Morgan fingerprint density at radius 1 is 1.09 bits per heavy atom. The Morgan fingerprint density at radius 3 is 2.64 bits per heavy atom. The lowest BCUT2D eigenvalue weighted by atomic mass is 10.1. The Kier molecular flexibility index (Phi) is 4.37. The summed E-state index contributed by atoms with van der Waals surface area (Å²) >= 11 is 0. The van der Waals surface area contributed by atoms with Crippen LogP contribution in [0.4, 0.5) is 5.69 Å². The molecule has 0 spiro atoms. The molecule has 0 fully saturated rings. The first-order valence-corrected chi connectivity index (χ1v) is 7.65. The van der Waals surface area contributed by atoms with Crippen molar-refractivity contribution >= 4 is 5.69 Å². The molecule has 3 rings (SSSR count). The fourth-order valence-corrected chi connectivity index (χ4v) is 2.39. The van der Waals surface area contributed by atoms with Gasteiger partial charge in [-0.05, 0) is 43.2 Å². The molecular formula is C18H21NO3. The van der Waals surface area contributed by atoms with Crippen LogP contribution in [0.3, 0.4) is 0 Å². The number of ether oxygens (including phenoxy) is 3. The molecule has 0 amide bonds. The number of nitrogens with one attached hydrogen (secondary N) is 1. The Bertz CT molecular complexity index is 625. The lowest BCUT2D eigenvalue weighted by molar-refractivity contribution is 0.174. The molecule has 1 unspecified atom stereocenters. The smallest absolute Gasteiger partial charge is 0.231 e. The van der Waals surface area contributed by atoms with Crippen molar-refractivity contribution in [2.24, 2.45) is 0 Å². The van der Waals surface area contributed by atoms with E-state index in [0.29, 0.717) is 6.79 Å². The zero-order chi connectivity index (χ0) is 15.4. The van der Waals surface area contributed by atoms with Crippen LogP contribution < -0.4 is 19.5 Å². The molecule has 1 aliphatic heterocycles. The molecule has 1 aliphatic rings. The molecule has 1 heterocycles. The Balaban J connectivity index is 1.65. The van der Waals surface area contributed by atoms with Crippen molar-refractivity contribution in [2.45, 2.75) is 26.3 Å². The van der Waals surface area contributed by atoms with Gasteiger partial charge in [0.15, 0.2) is 11.5 Å². The molecule has 2 aromatic carbocycles. The van der Waals surface area contributed by atoms with Crippen molar-refractivity contribution in [3.05, 3.63) is 48.0 Å². The topological polar surface area (TPSA) is 39.7 Å². The second-order valence-electron chi connectivity index (χ2n) is 5.35. The summed E-state index contributed by atoms with van der Waals surface area (Å²) < 4.78 is 16.3. The number of anilines is 1. The van der Waals surface area contributed by atoms with Gasteiger partial charge in [0.25, 0.3) is 0 Å². The van der Waals surface area contributed by atoms with Gasteiger partial charge in [0, 0.05) is 17.8 Å². The van der Waals surface area contributed by atoms with Gasteiger partial charge in [0.1, 0.15) is 5.75 Å². The first kappa shape index (κ1) is 14.6.